The second-order valence-corrected chi connectivity index (χ2v) is 9.12. The summed E-state index contributed by atoms with van der Waals surface area (Å²) in [5, 5.41) is 3.27. The molecule has 0 aliphatic carbocycles. The van der Waals surface area contributed by atoms with Gasteiger partial charge in [-0.3, -0.25) is 14.5 Å². The van der Waals surface area contributed by atoms with E-state index in [1.54, 1.807) is 0 Å². The average molecular weight is 448 g/mol. The highest BCUT2D eigenvalue weighted by Crippen LogP contribution is 2.33. The van der Waals surface area contributed by atoms with Gasteiger partial charge >= 0.3 is 0 Å². The first-order valence-corrected chi connectivity index (χ1v) is 11.8. The zero-order chi connectivity index (χ0) is 23.5. The van der Waals surface area contributed by atoms with Crippen molar-refractivity contribution in [1.29, 1.82) is 0 Å². The summed E-state index contributed by atoms with van der Waals surface area (Å²) in [5.74, 6) is -0.596. The lowest BCUT2D eigenvalue weighted by molar-refractivity contribution is -0.137. The number of nitrogens with zero attached hydrogens (tertiary/aromatic N) is 2. The highest BCUT2D eigenvalue weighted by atomic mass is 16.5. The third kappa shape index (κ3) is 4.96. The Morgan fingerprint density at radius 1 is 0.970 bits per heavy atom. The monoisotopic (exact) mass is 447 g/mol. The minimum atomic E-state index is -0.314. The first-order valence-electron chi connectivity index (χ1n) is 11.8. The van der Waals surface area contributed by atoms with E-state index in [4.69, 9.17) is 4.74 Å². The number of carbonyl (C=O) groups excluding carboxylic acids is 2. The maximum Gasteiger partial charge on any atom is 0.278 e. The van der Waals surface area contributed by atoms with E-state index in [1.165, 1.54) is 23.4 Å². The molecule has 33 heavy (non-hydrogen) atoms. The van der Waals surface area contributed by atoms with Gasteiger partial charge < -0.3 is 15.0 Å². The van der Waals surface area contributed by atoms with Crippen LogP contribution in [0.2, 0.25) is 0 Å². The van der Waals surface area contributed by atoms with Crippen LogP contribution >= 0.6 is 0 Å². The number of benzene rings is 2. The molecule has 2 aromatic carbocycles. The van der Waals surface area contributed by atoms with Crippen molar-refractivity contribution in [2.75, 3.05) is 36.5 Å². The van der Waals surface area contributed by atoms with Crippen LogP contribution in [0.5, 0.6) is 0 Å². The lowest BCUT2D eigenvalue weighted by Crippen LogP contribution is -2.35. The number of nitrogens with one attached hydrogen (secondary N) is 1. The van der Waals surface area contributed by atoms with Gasteiger partial charge in [0.05, 0.1) is 24.8 Å². The molecule has 2 aliphatic heterocycles. The average Bonchev–Trinajstić information content (AvgIpc) is 3.38. The van der Waals surface area contributed by atoms with Crippen molar-refractivity contribution in [1.82, 2.24) is 4.90 Å². The van der Waals surface area contributed by atoms with Gasteiger partial charge in [0.25, 0.3) is 11.8 Å². The molecule has 4 rings (SSSR count). The van der Waals surface area contributed by atoms with Gasteiger partial charge in [0.15, 0.2) is 0 Å². The molecular formula is C27H33N3O3. The largest absolute Gasteiger partial charge is 0.377 e. The van der Waals surface area contributed by atoms with E-state index in [-0.39, 0.29) is 24.5 Å². The minimum Gasteiger partial charge on any atom is -0.377 e. The molecule has 0 saturated carbocycles. The first kappa shape index (κ1) is 23.1. The minimum absolute atomic E-state index is 0.0382. The highest BCUT2D eigenvalue weighted by molar-refractivity contribution is 6.36. The van der Waals surface area contributed by atoms with Crippen LogP contribution in [-0.2, 0) is 14.3 Å². The van der Waals surface area contributed by atoms with Crippen molar-refractivity contribution < 1.29 is 14.3 Å². The lowest BCUT2D eigenvalue weighted by atomic mass is 9.97. The number of anilines is 2. The summed E-state index contributed by atoms with van der Waals surface area (Å²) in [5.41, 5.74) is 5.58. The molecule has 0 bridgehead atoms. The van der Waals surface area contributed by atoms with Crippen molar-refractivity contribution in [3.05, 3.63) is 64.9 Å². The van der Waals surface area contributed by atoms with Gasteiger partial charge in [0.1, 0.15) is 5.70 Å². The number of hydrogen-bond acceptors (Lipinski definition) is 5. The predicted octanol–water partition coefficient (Wildman–Crippen LogP) is 4.52. The van der Waals surface area contributed by atoms with Crippen LogP contribution in [0.1, 0.15) is 43.4 Å². The molecule has 0 radical (unpaired) electrons. The van der Waals surface area contributed by atoms with E-state index in [2.05, 4.69) is 22.3 Å². The molecule has 0 spiro atoms. The fraction of sp³-hybridized carbons (Fsp3) is 0.407. The summed E-state index contributed by atoms with van der Waals surface area (Å²) in [6, 6.07) is 14.0. The fourth-order valence-electron chi connectivity index (χ4n) is 4.49. The van der Waals surface area contributed by atoms with Crippen molar-refractivity contribution in [3.63, 3.8) is 0 Å². The zero-order valence-electron chi connectivity index (χ0n) is 20.0. The quantitative estimate of drug-likeness (QED) is 0.603. The van der Waals surface area contributed by atoms with Crippen molar-refractivity contribution in [2.45, 2.75) is 46.6 Å². The van der Waals surface area contributed by atoms with Crippen LogP contribution in [0.25, 0.3) is 5.57 Å². The fourth-order valence-corrected chi connectivity index (χ4v) is 4.49. The maximum absolute atomic E-state index is 13.4. The van der Waals surface area contributed by atoms with E-state index in [0.717, 1.165) is 35.5 Å². The number of aryl methyl sites for hydroxylation is 2. The Kier molecular flexibility index (Phi) is 6.84. The summed E-state index contributed by atoms with van der Waals surface area (Å²) in [6.45, 7) is 10.6. The summed E-state index contributed by atoms with van der Waals surface area (Å²) in [6.07, 6.45) is 2.48. The Hall–Kier alpha value is -3.12. The molecule has 0 aromatic heterocycles. The molecule has 0 unspecified atom stereocenters. The lowest BCUT2D eigenvalue weighted by Gasteiger charge is -2.18. The van der Waals surface area contributed by atoms with E-state index in [0.29, 0.717) is 17.9 Å². The Labute approximate surface area is 196 Å². The van der Waals surface area contributed by atoms with Crippen LogP contribution < -0.4 is 10.2 Å². The van der Waals surface area contributed by atoms with Crippen LogP contribution in [-0.4, -0.2) is 49.1 Å². The Balaban J connectivity index is 1.64. The van der Waals surface area contributed by atoms with Crippen LogP contribution in [0, 0.1) is 13.8 Å². The van der Waals surface area contributed by atoms with Gasteiger partial charge in [-0.15, -0.1) is 0 Å². The van der Waals surface area contributed by atoms with Gasteiger partial charge in [0.2, 0.25) is 0 Å². The van der Waals surface area contributed by atoms with Crippen molar-refractivity contribution >= 4 is 28.8 Å². The van der Waals surface area contributed by atoms with Gasteiger partial charge in [-0.25, -0.2) is 0 Å². The zero-order valence-corrected chi connectivity index (χ0v) is 20.0. The van der Waals surface area contributed by atoms with Crippen molar-refractivity contribution in [2.24, 2.45) is 0 Å². The molecule has 6 nitrogen and oxygen atoms in total. The third-order valence-electron chi connectivity index (χ3n) is 6.19. The SMILES string of the molecule is Cc1ccc(C2=C(Nc3ccc(N4CCCC4)cc3)C(=O)N(CCOC(C)C)C2=O)c(C)c1. The van der Waals surface area contributed by atoms with E-state index >= 15 is 0 Å². The second-order valence-electron chi connectivity index (χ2n) is 9.12. The standard InChI is InChI=1S/C27H33N3O3/c1-18(2)33-16-15-30-26(31)24(23-12-7-19(3)17-20(23)4)25(27(30)32)28-21-8-10-22(11-9-21)29-13-5-6-14-29/h7-12,17-18,28H,5-6,13-16H2,1-4H3. The van der Waals surface area contributed by atoms with Gasteiger partial charge in [0, 0.05) is 24.5 Å². The predicted molar refractivity (Wildman–Crippen MR) is 132 cm³/mol. The number of ether oxygens (including phenoxy) is 1. The molecule has 2 aromatic rings. The normalized spacial score (nSPS) is 16.5. The molecule has 1 N–H and O–H groups in total. The molecule has 1 saturated heterocycles. The van der Waals surface area contributed by atoms with Crippen LogP contribution in [0.4, 0.5) is 11.4 Å². The van der Waals surface area contributed by atoms with E-state index < -0.39 is 0 Å². The van der Waals surface area contributed by atoms with E-state index in [9.17, 15) is 9.59 Å². The summed E-state index contributed by atoms with van der Waals surface area (Å²) >= 11 is 0. The number of imide groups is 1. The van der Waals surface area contributed by atoms with Crippen molar-refractivity contribution in [3.8, 4) is 0 Å². The number of hydrogen-bond donors (Lipinski definition) is 1. The third-order valence-corrected chi connectivity index (χ3v) is 6.19. The van der Waals surface area contributed by atoms with Crippen LogP contribution in [0.3, 0.4) is 0 Å². The molecule has 1 fully saturated rings. The van der Waals surface area contributed by atoms with Gasteiger partial charge in [-0.1, -0.05) is 23.8 Å². The second kappa shape index (κ2) is 9.79. The summed E-state index contributed by atoms with van der Waals surface area (Å²) < 4.78 is 5.61. The Morgan fingerprint density at radius 3 is 2.30 bits per heavy atom. The van der Waals surface area contributed by atoms with Gasteiger partial charge in [-0.2, -0.15) is 0 Å². The van der Waals surface area contributed by atoms with E-state index in [1.807, 2.05) is 58.0 Å². The van der Waals surface area contributed by atoms with Crippen LogP contribution in [0.15, 0.2) is 48.2 Å². The molecule has 2 heterocycles. The first-order chi connectivity index (χ1) is 15.8. The number of amides is 2. The molecule has 0 atom stereocenters. The molecular weight excluding hydrogens is 414 g/mol. The maximum atomic E-state index is 13.4. The smallest absolute Gasteiger partial charge is 0.278 e. The number of rotatable bonds is 8. The highest BCUT2D eigenvalue weighted by Gasteiger charge is 2.39. The molecule has 2 amide bonds. The molecule has 2 aliphatic rings. The summed E-state index contributed by atoms with van der Waals surface area (Å²) in [4.78, 5) is 30.4. The Bertz CT molecular complexity index is 1070. The topological polar surface area (TPSA) is 61.9 Å². The Morgan fingerprint density at radius 2 is 1.67 bits per heavy atom. The molecule has 174 valence electrons. The summed E-state index contributed by atoms with van der Waals surface area (Å²) in [7, 11) is 0. The molecule has 6 heteroatoms. The number of carbonyl (C=O) groups is 2. The van der Waals surface area contributed by atoms with Gasteiger partial charge in [-0.05, 0) is 75.9 Å².